The van der Waals surface area contributed by atoms with Crippen molar-refractivity contribution in [2.24, 2.45) is 0 Å². The van der Waals surface area contributed by atoms with Crippen molar-refractivity contribution in [3.63, 3.8) is 0 Å². The van der Waals surface area contributed by atoms with E-state index in [4.69, 9.17) is 0 Å². The number of benzene rings is 2. The van der Waals surface area contributed by atoms with E-state index < -0.39 is 0 Å². The summed E-state index contributed by atoms with van der Waals surface area (Å²) in [5.74, 6) is 0. The first-order chi connectivity index (χ1) is 17.0. The maximum atomic E-state index is 14.0. The van der Waals surface area contributed by atoms with Gasteiger partial charge in [-0.15, -0.1) is 11.3 Å². The molecule has 6 rings (SSSR count). The van der Waals surface area contributed by atoms with E-state index in [1.54, 1.807) is 0 Å². The first-order valence-electron chi connectivity index (χ1n) is 12.5. The highest BCUT2D eigenvalue weighted by molar-refractivity contribution is 7.15. The summed E-state index contributed by atoms with van der Waals surface area (Å²) in [6, 6.07) is 18.9. The molecule has 0 saturated carbocycles. The van der Waals surface area contributed by atoms with Gasteiger partial charge in [-0.2, -0.15) is 0 Å². The number of aromatic nitrogens is 1. The average molecular weight is 482 g/mol. The van der Waals surface area contributed by atoms with Gasteiger partial charge in [0.25, 0.3) is 0 Å². The average Bonchev–Trinajstić information content (AvgIpc) is 3.43. The largest absolute Gasteiger partial charge is 0.322 e. The molecule has 4 aromatic rings. The molecule has 1 aliphatic carbocycles. The van der Waals surface area contributed by atoms with Gasteiger partial charge in [-0.1, -0.05) is 47.5 Å². The lowest BCUT2D eigenvalue weighted by atomic mass is 9.95. The van der Waals surface area contributed by atoms with E-state index in [0.717, 1.165) is 35.3 Å². The fourth-order valence-corrected chi connectivity index (χ4v) is 7.03. The van der Waals surface area contributed by atoms with Gasteiger partial charge in [0.2, 0.25) is 0 Å². The quantitative estimate of drug-likeness (QED) is 0.317. The third-order valence-electron chi connectivity index (χ3n) is 7.46. The molecule has 0 saturated heterocycles. The Morgan fingerprint density at radius 1 is 0.943 bits per heavy atom. The Labute approximate surface area is 211 Å². The first-order valence-corrected chi connectivity index (χ1v) is 13.3. The maximum absolute atomic E-state index is 14.0. The summed E-state index contributed by atoms with van der Waals surface area (Å²) in [6.45, 7) is 6.85. The Kier molecular flexibility index (Phi) is 5.53. The van der Waals surface area contributed by atoms with Crippen LogP contribution in [0.5, 0.6) is 0 Å². The van der Waals surface area contributed by atoms with Crippen LogP contribution in [0.1, 0.15) is 62.8 Å². The van der Waals surface area contributed by atoms with E-state index in [-0.39, 0.29) is 12.1 Å². The number of anilines is 1. The molecule has 3 heterocycles. The van der Waals surface area contributed by atoms with Crippen LogP contribution >= 0.6 is 11.3 Å². The lowest BCUT2D eigenvalue weighted by molar-refractivity contribution is 0.194. The molecule has 178 valence electrons. The van der Waals surface area contributed by atoms with Gasteiger partial charge in [0.15, 0.2) is 0 Å². The minimum absolute atomic E-state index is 0.0566. The number of fused-ring (bicyclic) bond motifs is 5. The van der Waals surface area contributed by atoms with Crippen LogP contribution in [0.2, 0.25) is 0 Å². The number of nitrogens with zero attached hydrogens (tertiary/aromatic N) is 2. The van der Waals surface area contributed by atoms with Crippen molar-refractivity contribution in [2.45, 2.75) is 59.0 Å². The maximum Gasteiger partial charge on any atom is 0.322 e. The number of aryl methyl sites for hydroxylation is 4. The second-order valence-electron chi connectivity index (χ2n) is 9.99. The molecule has 2 aliphatic rings. The van der Waals surface area contributed by atoms with Gasteiger partial charge < -0.3 is 14.8 Å². The number of hydrogen-bond acceptors (Lipinski definition) is 2. The van der Waals surface area contributed by atoms with Crippen molar-refractivity contribution in [2.75, 3.05) is 5.32 Å². The minimum atomic E-state index is -0.171. The molecule has 2 aromatic carbocycles. The van der Waals surface area contributed by atoms with Crippen molar-refractivity contribution in [1.29, 1.82) is 0 Å². The Hall–Kier alpha value is -3.31. The zero-order chi connectivity index (χ0) is 24.1. The second-order valence-corrected chi connectivity index (χ2v) is 11.1. The Morgan fingerprint density at radius 2 is 1.71 bits per heavy atom. The molecule has 4 nitrogen and oxygen atoms in total. The first kappa shape index (κ1) is 22.2. The Bertz CT molecular complexity index is 1410. The number of carbonyl (C=O) groups is 1. The van der Waals surface area contributed by atoms with Crippen molar-refractivity contribution in [1.82, 2.24) is 9.47 Å². The van der Waals surface area contributed by atoms with E-state index in [9.17, 15) is 4.79 Å². The van der Waals surface area contributed by atoms with Crippen molar-refractivity contribution in [3.8, 4) is 5.00 Å². The van der Waals surface area contributed by atoms with Crippen LogP contribution in [0, 0.1) is 20.8 Å². The second kappa shape index (κ2) is 8.72. The molecule has 1 atom stereocenters. The molecule has 1 aliphatic heterocycles. The lowest BCUT2D eigenvalue weighted by Crippen LogP contribution is -2.38. The van der Waals surface area contributed by atoms with E-state index in [0.29, 0.717) is 6.54 Å². The number of rotatable bonds is 2. The molecule has 0 spiro atoms. The Balaban J connectivity index is 1.49. The number of carbonyl (C=O) groups excluding carboxylic acids is 1. The van der Waals surface area contributed by atoms with Gasteiger partial charge in [0.05, 0.1) is 18.3 Å². The minimum Gasteiger partial charge on any atom is -0.310 e. The van der Waals surface area contributed by atoms with Gasteiger partial charge in [-0.3, -0.25) is 0 Å². The lowest BCUT2D eigenvalue weighted by Gasteiger charge is -2.31. The molecular weight excluding hydrogens is 450 g/mol. The normalized spacial score (nSPS) is 16.8. The molecule has 35 heavy (non-hydrogen) atoms. The predicted molar refractivity (Wildman–Crippen MR) is 144 cm³/mol. The van der Waals surface area contributed by atoms with Crippen LogP contribution in [0.15, 0.2) is 60.8 Å². The summed E-state index contributed by atoms with van der Waals surface area (Å²) >= 11 is 1.92. The highest BCUT2D eigenvalue weighted by Gasteiger charge is 2.36. The highest BCUT2D eigenvalue weighted by Crippen LogP contribution is 2.44. The smallest absolute Gasteiger partial charge is 0.310 e. The molecule has 2 amide bonds. The van der Waals surface area contributed by atoms with Gasteiger partial charge in [0, 0.05) is 22.3 Å². The standard InChI is InChI=1S/C30H31N3OS/c1-19-10-13-22(14-11-19)28-26-8-6-16-32(26)29-24(23-7-4-5-9-27(23)35-29)18-33(28)30(34)31-25-15-12-20(2)17-21(25)3/h6,8,10-17,28H,4-5,7,9,18H2,1-3H3,(H,31,34). The number of nitrogens with one attached hydrogen (secondary N) is 1. The van der Waals surface area contributed by atoms with Crippen molar-refractivity contribution < 1.29 is 4.79 Å². The summed E-state index contributed by atoms with van der Waals surface area (Å²) in [4.78, 5) is 17.6. The predicted octanol–water partition coefficient (Wildman–Crippen LogP) is 7.48. The molecule has 1 N–H and O–H groups in total. The molecule has 0 bridgehead atoms. The van der Waals surface area contributed by atoms with Gasteiger partial charge in [0.1, 0.15) is 5.00 Å². The summed E-state index contributed by atoms with van der Waals surface area (Å²) < 4.78 is 2.34. The summed E-state index contributed by atoms with van der Waals surface area (Å²) in [5.41, 5.74) is 9.44. The third-order valence-corrected chi connectivity index (χ3v) is 8.79. The number of hydrogen-bond donors (Lipinski definition) is 1. The van der Waals surface area contributed by atoms with Crippen LogP contribution in [0.4, 0.5) is 10.5 Å². The van der Waals surface area contributed by atoms with E-state index in [2.05, 4.69) is 85.4 Å². The zero-order valence-corrected chi connectivity index (χ0v) is 21.4. The van der Waals surface area contributed by atoms with Crippen molar-refractivity contribution in [3.05, 3.63) is 105 Å². The van der Waals surface area contributed by atoms with E-state index in [1.807, 2.05) is 22.3 Å². The zero-order valence-electron chi connectivity index (χ0n) is 20.6. The third kappa shape index (κ3) is 3.88. The number of thiophene rings is 1. The van der Waals surface area contributed by atoms with Crippen LogP contribution in [-0.4, -0.2) is 15.5 Å². The fraction of sp³-hybridized carbons (Fsp3) is 0.300. The van der Waals surface area contributed by atoms with Gasteiger partial charge in [-0.05, 0) is 81.3 Å². The topological polar surface area (TPSA) is 37.3 Å². The SMILES string of the molecule is Cc1ccc(C2c3cccn3-c3sc4c(c3CN2C(=O)Nc2ccc(C)cc2C)CCCC4)cc1. The molecule has 2 aromatic heterocycles. The van der Waals surface area contributed by atoms with Crippen LogP contribution < -0.4 is 5.32 Å². The van der Waals surface area contributed by atoms with E-state index in [1.165, 1.54) is 45.0 Å². The molecule has 0 radical (unpaired) electrons. The van der Waals surface area contributed by atoms with Gasteiger partial charge in [-0.25, -0.2) is 4.79 Å². The molecule has 0 fully saturated rings. The van der Waals surface area contributed by atoms with E-state index >= 15 is 0 Å². The van der Waals surface area contributed by atoms with Gasteiger partial charge >= 0.3 is 6.03 Å². The van der Waals surface area contributed by atoms with Crippen LogP contribution in [0.25, 0.3) is 5.00 Å². The molecule has 5 heteroatoms. The highest BCUT2D eigenvalue weighted by atomic mass is 32.1. The summed E-state index contributed by atoms with van der Waals surface area (Å²) in [7, 11) is 0. The van der Waals surface area contributed by atoms with Crippen LogP contribution in [-0.2, 0) is 19.4 Å². The van der Waals surface area contributed by atoms with Crippen LogP contribution in [0.3, 0.4) is 0 Å². The monoisotopic (exact) mass is 481 g/mol. The molecular formula is C30H31N3OS. The number of urea groups is 1. The van der Waals surface area contributed by atoms with Crippen molar-refractivity contribution >= 4 is 23.1 Å². The Morgan fingerprint density at radius 3 is 2.51 bits per heavy atom. The fourth-order valence-electron chi connectivity index (χ4n) is 5.63. The molecule has 1 unspecified atom stereocenters. The summed E-state index contributed by atoms with van der Waals surface area (Å²) in [5, 5.41) is 4.54. The number of amides is 2. The summed E-state index contributed by atoms with van der Waals surface area (Å²) in [6.07, 6.45) is 6.92.